The molecule has 1 aliphatic heterocycles. The molecule has 1 atom stereocenters. The van der Waals surface area contributed by atoms with E-state index >= 15 is 0 Å². The van der Waals surface area contributed by atoms with Crippen molar-refractivity contribution in [2.45, 2.75) is 19.6 Å². The number of nitrogens with zero attached hydrogens (tertiary/aromatic N) is 4. The molecule has 1 saturated heterocycles. The van der Waals surface area contributed by atoms with Gasteiger partial charge in [0.25, 0.3) is 0 Å². The predicted octanol–water partition coefficient (Wildman–Crippen LogP) is 2.03. The Hall–Kier alpha value is -2.34. The molecule has 3 rings (SSSR count). The summed E-state index contributed by atoms with van der Waals surface area (Å²) in [6, 6.07) is 10.3. The quantitative estimate of drug-likeness (QED) is 0.645. The summed E-state index contributed by atoms with van der Waals surface area (Å²) < 4.78 is 7.71. The van der Waals surface area contributed by atoms with Gasteiger partial charge in [-0.2, -0.15) is 5.10 Å². The first-order valence-electron chi connectivity index (χ1n) is 8.79. The molecule has 25 heavy (non-hydrogen) atoms. The van der Waals surface area contributed by atoms with Crippen molar-refractivity contribution in [3.05, 3.63) is 53.9 Å². The van der Waals surface area contributed by atoms with Crippen LogP contribution in [0.15, 0.2) is 47.7 Å². The first kappa shape index (κ1) is 17.5. The van der Waals surface area contributed by atoms with Crippen molar-refractivity contribution in [3.63, 3.8) is 0 Å². The van der Waals surface area contributed by atoms with Crippen LogP contribution in [0.4, 0.5) is 0 Å². The molecule has 134 valence electrons. The lowest BCUT2D eigenvalue weighted by atomic mass is 10.1. The van der Waals surface area contributed by atoms with E-state index in [0.717, 1.165) is 44.2 Å². The maximum atomic E-state index is 5.90. The molecule has 6 heteroatoms. The average molecular weight is 341 g/mol. The first-order chi connectivity index (χ1) is 12.2. The number of benzene rings is 1. The lowest BCUT2D eigenvalue weighted by molar-refractivity contribution is 0.0906. The highest BCUT2D eigenvalue weighted by molar-refractivity contribution is 5.80. The van der Waals surface area contributed by atoms with Gasteiger partial charge in [-0.3, -0.25) is 9.67 Å². The van der Waals surface area contributed by atoms with Crippen LogP contribution in [0.3, 0.4) is 0 Å². The van der Waals surface area contributed by atoms with Crippen molar-refractivity contribution < 1.29 is 4.74 Å². The predicted molar refractivity (Wildman–Crippen MR) is 99.2 cm³/mol. The Labute approximate surface area is 149 Å². The van der Waals surface area contributed by atoms with E-state index in [-0.39, 0.29) is 0 Å². The first-order valence-corrected chi connectivity index (χ1v) is 8.79. The van der Waals surface area contributed by atoms with Gasteiger partial charge in [0.15, 0.2) is 5.96 Å². The summed E-state index contributed by atoms with van der Waals surface area (Å²) in [6.07, 6.45) is 5.04. The molecule has 1 fully saturated rings. The molecular formula is C19H27N5O. The molecule has 1 N–H and O–H groups in total. The maximum Gasteiger partial charge on any atom is 0.193 e. The largest absolute Gasteiger partial charge is 0.376 e. The minimum Gasteiger partial charge on any atom is -0.376 e. The van der Waals surface area contributed by atoms with E-state index in [0.29, 0.717) is 12.5 Å². The number of aliphatic imine (C=N–C) groups is 1. The molecule has 0 saturated carbocycles. The van der Waals surface area contributed by atoms with E-state index in [4.69, 9.17) is 4.74 Å². The number of hydrogen-bond donors (Lipinski definition) is 1. The minimum atomic E-state index is 0.556. The topological polar surface area (TPSA) is 54.7 Å². The van der Waals surface area contributed by atoms with Crippen molar-refractivity contribution in [3.8, 4) is 0 Å². The van der Waals surface area contributed by atoms with Crippen molar-refractivity contribution in [1.82, 2.24) is 20.0 Å². The molecule has 0 bridgehead atoms. The number of guanidine groups is 1. The van der Waals surface area contributed by atoms with Gasteiger partial charge in [0.05, 0.1) is 19.4 Å². The number of aromatic nitrogens is 2. The SMILES string of the molecule is CN=C(NCc1cnn(C)c1)N1CCC(COCc2ccccc2)C1. The van der Waals surface area contributed by atoms with Gasteiger partial charge in [0.2, 0.25) is 0 Å². The third kappa shape index (κ3) is 5.06. The van der Waals surface area contributed by atoms with E-state index < -0.39 is 0 Å². The van der Waals surface area contributed by atoms with E-state index in [2.05, 4.69) is 32.4 Å². The van der Waals surface area contributed by atoms with Crippen LogP contribution in [0.2, 0.25) is 0 Å². The van der Waals surface area contributed by atoms with Crippen LogP contribution in [-0.2, 0) is 24.9 Å². The molecule has 0 radical (unpaired) electrons. The Bertz CT molecular complexity index is 682. The Morgan fingerprint density at radius 2 is 2.16 bits per heavy atom. The smallest absolute Gasteiger partial charge is 0.193 e. The van der Waals surface area contributed by atoms with Crippen LogP contribution in [0.1, 0.15) is 17.5 Å². The second kappa shape index (κ2) is 8.67. The zero-order chi connectivity index (χ0) is 17.5. The highest BCUT2D eigenvalue weighted by atomic mass is 16.5. The summed E-state index contributed by atoms with van der Waals surface area (Å²) in [4.78, 5) is 6.73. The van der Waals surface area contributed by atoms with Crippen molar-refractivity contribution in [2.24, 2.45) is 18.0 Å². The second-order valence-electron chi connectivity index (χ2n) is 6.52. The zero-order valence-corrected chi connectivity index (χ0v) is 15.1. The van der Waals surface area contributed by atoms with Crippen molar-refractivity contribution >= 4 is 5.96 Å². The van der Waals surface area contributed by atoms with E-state index in [1.54, 1.807) is 0 Å². The molecule has 1 unspecified atom stereocenters. The molecule has 1 aliphatic rings. The Balaban J connectivity index is 1.41. The monoisotopic (exact) mass is 341 g/mol. The van der Waals surface area contributed by atoms with Gasteiger partial charge in [0.1, 0.15) is 0 Å². The van der Waals surface area contributed by atoms with Crippen LogP contribution in [-0.4, -0.2) is 47.4 Å². The van der Waals surface area contributed by atoms with Gasteiger partial charge in [0, 0.05) is 51.4 Å². The van der Waals surface area contributed by atoms with Gasteiger partial charge >= 0.3 is 0 Å². The highest BCUT2D eigenvalue weighted by Crippen LogP contribution is 2.17. The van der Waals surface area contributed by atoms with Crippen LogP contribution in [0.5, 0.6) is 0 Å². The molecule has 1 aromatic carbocycles. The fourth-order valence-corrected chi connectivity index (χ4v) is 3.16. The Morgan fingerprint density at radius 1 is 1.32 bits per heavy atom. The average Bonchev–Trinajstić information content (AvgIpc) is 3.26. The third-order valence-electron chi connectivity index (χ3n) is 4.47. The summed E-state index contributed by atoms with van der Waals surface area (Å²) >= 11 is 0. The molecule has 2 aromatic rings. The lowest BCUT2D eigenvalue weighted by Crippen LogP contribution is -2.39. The second-order valence-corrected chi connectivity index (χ2v) is 6.52. The molecule has 0 amide bonds. The van der Waals surface area contributed by atoms with Gasteiger partial charge < -0.3 is 15.0 Å². The highest BCUT2D eigenvalue weighted by Gasteiger charge is 2.24. The number of rotatable bonds is 6. The molecule has 2 heterocycles. The van der Waals surface area contributed by atoms with Crippen LogP contribution in [0.25, 0.3) is 0 Å². The molecular weight excluding hydrogens is 314 g/mol. The van der Waals surface area contributed by atoms with Gasteiger partial charge in [-0.15, -0.1) is 0 Å². The Kier molecular flexibility index (Phi) is 6.06. The summed E-state index contributed by atoms with van der Waals surface area (Å²) in [6.45, 7) is 4.23. The zero-order valence-electron chi connectivity index (χ0n) is 15.1. The summed E-state index contributed by atoms with van der Waals surface area (Å²) in [7, 11) is 3.77. The summed E-state index contributed by atoms with van der Waals surface area (Å²) in [5.74, 6) is 1.51. The normalized spacial score (nSPS) is 17.9. The molecule has 1 aromatic heterocycles. The molecule has 6 nitrogen and oxygen atoms in total. The number of aryl methyl sites for hydroxylation is 1. The van der Waals surface area contributed by atoms with Crippen LogP contribution < -0.4 is 5.32 Å². The van der Waals surface area contributed by atoms with Crippen LogP contribution >= 0.6 is 0 Å². The summed E-state index contributed by atoms with van der Waals surface area (Å²) in [5, 5.41) is 7.62. The Morgan fingerprint density at radius 3 is 2.88 bits per heavy atom. The number of hydrogen-bond acceptors (Lipinski definition) is 3. The standard InChI is InChI=1S/C19H27N5O/c1-20-19(21-10-18-11-22-23(2)12-18)24-9-8-17(13-24)15-25-14-16-6-4-3-5-7-16/h3-7,11-12,17H,8-10,13-15H2,1-2H3,(H,20,21). The number of nitrogens with one attached hydrogen (secondary N) is 1. The third-order valence-corrected chi connectivity index (χ3v) is 4.47. The maximum absolute atomic E-state index is 5.90. The fourth-order valence-electron chi connectivity index (χ4n) is 3.16. The van der Waals surface area contributed by atoms with Crippen molar-refractivity contribution in [2.75, 3.05) is 26.7 Å². The van der Waals surface area contributed by atoms with E-state index in [1.807, 2.05) is 49.4 Å². The van der Waals surface area contributed by atoms with Crippen LogP contribution in [0, 0.1) is 5.92 Å². The van der Waals surface area contributed by atoms with E-state index in [9.17, 15) is 0 Å². The van der Waals surface area contributed by atoms with E-state index in [1.165, 1.54) is 5.56 Å². The van der Waals surface area contributed by atoms with Crippen molar-refractivity contribution in [1.29, 1.82) is 0 Å². The molecule has 0 aliphatic carbocycles. The fraction of sp³-hybridized carbons (Fsp3) is 0.474. The lowest BCUT2D eigenvalue weighted by Gasteiger charge is -2.21. The van der Waals surface area contributed by atoms with Gasteiger partial charge in [-0.05, 0) is 12.0 Å². The summed E-state index contributed by atoms with van der Waals surface area (Å²) in [5.41, 5.74) is 2.39. The van der Waals surface area contributed by atoms with Gasteiger partial charge in [-0.1, -0.05) is 30.3 Å². The van der Waals surface area contributed by atoms with Gasteiger partial charge in [-0.25, -0.2) is 0 Å². The minimum absolute atomic E-state index is 0.556. The molecule has 0 spiro atoms. The number of likely N-dealkylation sites (tertiary alicyclic amines) is 1. The number of ether oxygens (including phenoxy) is 1.